The van der Waals surface area contributed by atoms with Crippen molar-refractivity contribution in [3.63, 3.8) is 0 Å². The Hall–Kier alpha value is -2.06. The standard InChI is InChI=1S/C12H14N2O3/c1-16-11(7-8-13)17-12(15)14-9-10-5-3-2-4-6-10/h2-6,11H,7,9H2,1H3,(H,14,15)/t11-/m1/s1. The van der Waals surface area contributed by atoms with E-state index in [1.54, 1.807) is 0 Å². The van der Waals surface area contributed by atoms with Gasteiger partial charge in [-0.1, -0.05) is 30.3 Å². The summed E-state index contributed by atoms with van der Waals surface area (Å²) in [5, 5.41) is 11.0. The van der Waals surface area contributed by atoms with E-state index in [9.17, 15) is 4.79 Å². The third kappa shape index (κ3) is 5.00. The predicted octanol–water partition coefficient (Wildman–Crippen LogP) is 1.80. The van der Waals surface area contributed by atoms with E-state index in [2.05, 4.69) is 5.32 Å². The summed E-state index contributed by atoms with van der Waals surface area (Å²) in [5.74, 6) is 0. The van der Waals surface area contributed by atoms with Crippen molar-refractivity contribution in [1.29, 1.82) is 5.26 Å². The highest BCUT2D eigenvalue weighted by Gasteiger charge is 2.12. The fourth-order valence-electron chi connectivity index (χ4n) is 1.18. The first kappa shape index (κ1) is 13.0. The Balaban J connectivity index is 2.33. The lowest BCUT2D eigenvalue weighted by molar-refractivity contribution is -0.0771. The summed E-state index contributed by atoms with van der Waals surface area (Å²) >= 11 is 0. The maximum Gasteiger partial charge on any atom is 0.409 e. The molecular formula is C12H14N2O3. The van der Waals surface area contributed by atoms with Gasteiger partial charge in [-0.2, -0.15) is 5.26 Å². The van der Waals surface area contributed by atoms with E-state index < -0.39 is 12.4 Å². The predicted molar refractivity (Wildman–Crippen MR) is 60.8 cm³/mol. The van der Waals surface area contributed by atoms with Crippen molar-refractivity contribution >= 4 is 6.09 Å². The van der Waals surface area contributed by atoms with Crippen LogP contribution in [0.5, 0.6) is 0 Å². The fraction of sp³-hybridized carbons (Fsp3) is 0.333. The van der Waals surface area contributed by atoms with Crippen LogP contribution in [0.1, 0.15) is 12.0 Å². The lowest BCUT2D eigenvalue weighted by Crippen LogP contribution is -2.29. The minimum atomic E-state index is -0.823. The smallest absolute Gasteiger partial charge is 0.409 e. The van der Waals surface area contributed by atoms with Crippen LogP contribution in [0.15, 0.2) is 30.3 Å². The number of ether oxygens (including phenoxy) is 2. The number of carbonyl (C=O) groups is 1. The van der Waals surface area contributed by atoms with Crippen molar-refractivity contribution in [3.8, 4) is 6.07 Å². The molecule has 1 aromatic carbocycles. The molecule has 5 heteroatoms. The van der Waals surface area contributed by atoms with E-state index in [4.69, 9.17) is 14.7 Å². The van der Waals surface area contributed by atoms with Gasteiger partial charge < -0.3 is 14.8 Å². The quantitative estimate of drug-likeness (QED) is 0.788. The number of nitrogens with one attached hydrogen (secondary N) is 1. The number of amides is 1. The van der Waals surface area contributed by atoms with Crippen LogP contribution in [0, 0.1) is 11.3 Å². The fourth-order valence-corrected chi connectivity index (χ4v) is 1.18. The van der Waals surface area contributed by atoms with Crippen LogP contribution in [-0.2, 0) is 16.0 Å². The van der Waals surface area contributed by atoms with Crippen LogP contribution in [0.4, 0.5) is 4.79 Å². The van der Waals surface area contributed by atoms with Crippen LogP contribution in [0.2, 0.25) is 0 Å². The first-order valence-electron chi connectivity index (χ1n) is 5.14. The number of rotatable bonds is 5. The Kier molecular flexibility index (Phi) is 5.55. The number of carbonyl (C=O) groups excluding carboxylic acids is 1. The molecule has 0 aliphatic rings. The maximum atomic E-state index is 11.3. The first-order chi connectivity index (χ1) is 8.26. The van der Waals surface area contributed by atoms with Crippen molar-refractivity contribution < 1.29 is 14.3 Å². The molecule has 1 aromatic rings. The van der Waals surface area contributed by atoms with Gasteiger partial charge in [0.15, 0.2) is 0 Å². The van der Waals surface area contributed by atoms with Gasteiger partial charge in [0.1, 0.15) is 0 Å². The highest BCUT2D eigenvalue weighted by atomic mass is 16.7. The molecule has 0 aliphatic carbocycles. The van der Waals surface area contributed by atoms with Crippen molar-refractivity contribution in [1.82, 2.24) is 5.32 Å². The number of alkyl carbamates (subject to hydrolysis) is 1. The molecule has 1 rings (SSSR count). The van der Waals surface area contributed by atoms with Crippen LogP contribution in [-0.4, -0.2) is 19.5 Å². The topological polar surface area (TPSA) is 71.3 Å². The molecule has 0 aromatic heterocycles. The third-order valence-electron chi connectivity index (χ3n) is 2.04. The van der Waals surface area contributed by atoms with Gasteiger partial charge >= 0.3 is 6.09 Å². The zero-order chi connectivity index (χ0) is 12.5. The van der Waals surface area contributed by atoms with Gasteiger partial charge in [0.2, 0.25) is 6.29 Å². The Morgan fingerprint density at radius 3 is 2.76 bits per heavy atom. The van der Waals surface area contributed by atoms with Gasteiger partial charge in [0.05, 0.1) is 12.5 Å². The highest BCUT2D eigenvalue weighted by molar-refractivity contribution is 5.67. The van der Waals surface area contributed by atoms with Crippen molar-refractivity contribution in [2.24, 2.45) is 0 Å². The molecule has 0 bridgehead atoms. The molecule has 0 heterocycles. The molecule has 90 valence electrons. The molecular weight excluding hydrogens is 220 g/mol. The Morgan fingerprint density at radius 1 is 1.47 bits per heavy atom. The summed E-state index contributed by atoms with van der Waals surface area (Å²) in [6.45, 7) is 0.378. The molecule has 0 aliphatic heterocycles. The number of nitrogens with zero attached hydrogens (tertiary/aromatic N) is 1. The number of hydrogen-bond donors (Lipinski definition) is 1. The van der Waals surface area contributed by atoms with E-state index in [0.717, 1.165) is 5.56 Å². The van der Waals surface area contributed by atoms with E-state index in [1.165, 1.54) is 7.11 Å². The molecule has 1 atom stereocenters. The third-order valence-corrected chi connectivity index (χ3v) is 2.04. The molecule has 0 radical (unpaired) electrons. The average molecular weight is 234 g/mol. The molecule has 0 fully saturated rings. The van der Waals surface area contributed by atoms with Gasteiger partial charge in [0.25, 0.3) is 0 Å². The van der Waals surface area contributed by atoms with Crippen LogP contribution < -0.4 is 5.32 Å². The van der Waals surface area contributed by atoms with Crippen LogP contribution >= 0.6 is 0 Å². The molecule has 17 heavy (non-hydrogen) atoms. The minimum Gasteiger partial charge on any atom is -0.418 e. The number of hydrogen-bond acceptors (Lipinski definition) is 4. The van der Waals surface area contributed by atoms with Crippen molar-refractivity contribution in [2.75, 3.05) is 7.11 Å². The normalized spacial score (nSPS) is 11.3. The average Bonchev–Trinajstić information content (AvgIpc) is 2.37. The number of benzene rings is 1. The molecule has 0 unspecified atom stereocenters. The summed E-state index contributed by atoms with van der Waals surface area (Å²) in [5.41, 5.74) is 0.971. The molecule has 0 saturated heterocycles. The van der Waals surface area contributed by atoms with E-state index in [1.807, 2.05) is 36.4 Å². The van der Waals surface area contributed by atoms with E-state index in [0.29, 0.717) is 6.54 Å². The van der Waals surface area contributed by atoms with Gasteiger partial charge in [-0.05, 0) is 5.56 Å². The van der Waals surface area contributed by atoms with Crippen LogP contribution in [0.25, 0.3) is 0 Å². The zero-order valence-corrected chi connectivity index (χ0v) is 9.55. The molecule has 1 N–H and O–H groups in total. The summed E-state index contributed by atoms with van der Waals surface area (Å²) in [6, 6.07) is 11.3. The Morgan fingerprint density at radius 2 is 2.18 bits per heavy atom. The largest absolute Gasteiger partial charge is 0.418 e. The lowest BCUT2D eigenvalue weighted by atomic mass is 10.2. The van der Waals surface area contributed by atoms with Gasteiger partial charge in [-0.3, -0.25) is 0 Å². The van der Waals surface area contributed by atoms with Gasteiger partial charge in [-0.15, -0.1) is 0 Å². The van der Waals surface area contributed by atoms with Gasteiger partial charge in [-0.25, -0.2) is 4.79 Å². The Labute approximate surface area is 100.0 Å². The Bertz CT molecular complexity index is 386. The first-order valence-corrected chi connectivity index (χ1v) is 5.14. The molecule has 0 spiro atoms. The van der Waals surface area contributed by atoms with E-state index in [-0.39, 0.29) is 6.42 Å². The van der Waals surface area contributed by atoms with Crippen molar-refractivity contribution in [2.45, 2.75) is 19.3 Å². The van der Waals surface area contributed by atoms with Crippen molar-refractivity contribution in [3.05, 3.63) is 35.9 Å². The summed E-state index contributed by atoms with van der Waals surface area (Å²) in [6.07, 6.45) is -1.42. The second-order valence-electron chi connectivity index (χ2n) is 3.27. The molecule has 0 saturated carbocycles. The second kappa shape index (κ2) is 7.25. The molecule has 1 amide bonds. The highest BCUT2D eigenvalue weighted by Crippen LogP contribution is 2.00. The monoisotopic (exact) mass is 234 g/mol. The number of methoxy groups -OCH3 is 1. The van der Waals surface area contributed by atoms with E-state index >= 15 is 0 Å². The SMILES string of the molecule is CO[C@@H](CC#N)OC(=O)NCc1ccccc1. The summed E-state index contributed by atoms with van der Waals surface area (Å²) in [7, 11) is 1.38. The second-order valence-corrected chi connectivity index (χ2v) is 3.27. The summed E-state index contributed by atoms with van der Waals surface area (Å²) in [4.78, 5) is 11.3. The molecule has 5 nitrogen and oxygen atoms in total. The van der Waals surface area contributed by atoms with Gasteiger partial charge in [0, 0.05) is 13.7 Å². The lowest BCUT2D eigenvalue weighted by Gasteiger charge is -2.13. The minimum absolute atomic E-state index is 0.00918. The zero-order valence-electron chi connectivity index (χ0n) is 9.55. The van der Waals surface area contributed by atoms with Crippen LogP contribution in [0.3, 0.4) is 0 Å². The summed E-state index contributed by atoms with van der Waals surface area (Å²) < 4.78 is 9.67. The maximum absolute atomic E-state index is 11.3. The number of nitriles is 1.